The molecule has 2 aromatic carbocycles. The molecule has 4 N–H and O–H groups in total. The van der Waals surface area contributed by atoms with Gasteiger partial charge in [0.2, 0.25) is 5.91 Å². The highest BCUT2D eigenvalue weighted by atomic mass is 16.5. The fourth-order valence-electron chi connectivity index (χ4n) is 2.68. The summed E-state index contributed by atoms with van der Waals surface area (Å²) in [4.78, 5) is 36.9. The minimum absolute atomic E-state index is 0.0779. The zero-order chi connectivity index (χ0) is 23.0. The van der Waals surface area contributed by atoms with Gasteiger partial charge < -0.3 is 20.5 Å². The van der Waals surface area contributed by atoms with Gasteiger partial charge in [0, 0.05) is 17.7 Å². The van der Waals surface area contributed by atoms with E-state index >= 15 is 0 Å². The van der Waals surface area contributed by atoms with Gasteiger partial charge in [-0.1, -0.05) is 18.2 Å². The Morgan fingerprint density at radius 1 is 1.10 bits per heavy atom. The van der Waals surface area contributed by atoms with Crippen LogP contribution in [-0.2, 0) is 9.59 Å². The number of nitrogens with one attached hydrogen (secondary N) is 1. The maximum Gasteiger partial charge on any atom is 0.343 e. The van der Waals surface area contributed by atoms with E-state index in [1.807, 2.05) is 0 Å². The van der Waals surface area contributed by atoms with Crippen molar-refractivity contribution in [2.24, 2.45) is 5.73 Å². The van der Waals surface area contributed by atoms with Gasteiger partial charge in [-0.15, -0.1) is 6.58 Å². The molecule has 0 heterocycles. The number of benzene rings is 2. The highest BCUT2D eigenvalue weighted by molar-refractivity contribution is 5.99. The van der Waals surface area contributed by atoms with Crippen LogP contribution in [0.15, 0.2) is 66.8 Å². The van der Waals surface area contributed by atoms with Crippen LogP contribution >= 0.6 is 0 Å². The van der Waals surface area contributed by atoms with E-state index in [-0.39, 0.29) is 12.4 Å². The summed E-state index contributed by atoms with van der Waals surface area (Å²) in [5.41, 5.74) is 7.25. The molecular weight excluding hydrogens is 398 g/mol. The summed E-state index contributed by atoms with van der Waals surface area (Å²) >= 11 is 0. The van der Waals surface area contributed by atoms with Gasteiger partial charge in [-0.2, -0.15) is 0 Å². The van der Waals surface area contributed by atoms with Crippen molar-refractivity contribution in [2.45, 2.75) is 6.92 Å². The first-order valence-corrected chi connectivity index (χ1v) is 9.28. The second-order valence-electron chi connectivity index (χ2n) is 6.65. The lowest BCUT2D eigenvalue weighted by atomic mass is 10.1. The summed E-state index contributed by atoms with van der Waals surface area (Å²) in [7, 11) is 0. The number of amides is 1. The van der Waals surface area contributed by atoms with E-state index in [0.29, 0.717) is 28.0 Å². The predicted octanol–water partition coefficient (Wildman–Crippen LogP) is 2.69. The molecule has 0 bridgehead atoms. The average Bonchev–Trinajstić information content (AvgIpc) is 2.73. The molecule has 0 saturated carbocycles. The Morgan fingerprint density at radius 3 is 2.19 bits per heavy atom. The molecule has 0 radical (unpaired) electrons. The second kappa shape index (κ2) is 10.5. The molecule has 0 aliphatic rings. The van der Waals surface area contributed by atoms with Gasteiger partial charge in [0.25, 0.3) is 0 Å². The number of hydrogen-bond acceptors (Lipinski definition) is 5. The van der Waals surface area contributed by atoms with E-state index in [1.54, 1.807) is 61.5 Å². The molecule has 8 nitrogen and oxygen atoms in total. The van der Waals surface area contributed by atoms with Crippen LogP contribution in [0.2, 0.25) is 0 Å². The SMILES string of the molecule is C=CCN(CC(=O)O)C(=O)/C(C)=C\c1ccc(C(=O)Oc2ccc(C(=N)N)cc2)cc1. The van der Waals surface area contributed by atoms with Gasteiger partial charge in [0.1, 0.15) is 18.1 Å². The first-order chi connectivity index (χ1) is 14.7. The van der Waals surface area contributed by atoms with Crippen molar-refractivity contribution < 1.29 is 24.2 Å². The van der Waals surface area contributed by atoms with Crippen LogP contribution in [0.25, 0.3) is 6.08 Å². The molecule has 0 aliphatic heterocycles. The average molecular weight is 421 g/mol. The topological polar surface area (TPSA) is 134 Å². The number of rotatable bonds is 9. The molecule has 0 unspecified atom stereocenters. The number of esters is 1. The minimum atomic E-state index is -1.11. The number of carboxylic acid groups (broad SMARTS) is 1. The summed E-state index contributed by atoms with van der Waals surface area (Å²) in [6, 6.07) is 12.7. The first kappa shape index (κ1) is 23.1. The highest BCUT2D eigenvalue weighted by Crippen LogP contribution is 2.16. The van der Waals surface area contributed by atoms with E-state index in [0.717, 1.165) is 0 Å². The smallest absolute Gasteiger partial charge is 0.343 e. The van der Waals surface area contributed by atoms with Crippen molar-refractivity contribution in [1.82, 2.24) is 4.90 Å². The quantitative estimate of drug-likeness (QED) is 0.142. The molecule has 1 amide bonds. The number of ether oxygens (including phenoxy) is 1. The second-order valence-corrected chi connectivity index (χ2v) is 6.65. The Hall–Kier alpha value is -4.20. The third kappa shape index (κ3) is 6.67. The molecule has 0 fully saturated rings. The molecule has 2 rings (SSSR count). The van der Waals surface area contributed by atoms with E-state index < -0.39 is 24.4 Å². The number of nitrogens with zero attached hydrogens (tertiary/aromatic N) is 1. The van der Waals surface area contributed by atoms with Crippen LogP contribution in [-0.4, -0.2) is 46.8 Å². The van der Waals surface area contributed by atoms with Crippen molar-refractivity contribution in [1.29, 1.82) is 5.41 Å². The molecule has 8 heteroatoms. The highest BCUT2D eigenvalue weighted by Gasteiger charge is 2.17. The first-order valence-electron chi connectivity index (χ1n) is 9.28. The van der Waals surface area contributed by atoms with E-state index in [9.17, 15) is 14.4 Å². The summed E-state index contributed by atoms with van der Waals surface area (Å²) in [5.74, 6) is -1.84. The number of carbonyl (C=O) groups excluding carboxylic acids is 2. The maximum atomic E-state index is 12.5. The lowest BCUT2D eigenvalue weighted by Gasteiger charge is -2.19. The van der Waals surface area contributed by atoms with Crippen molar-refractivity contribution >= 4 is 29.8 Å². The zero-order valence-electron chi connectivity index (χ0n) is 17.0. The Bertz CT molecular complexity index is 1020. The number of carboxylic acids is 1. The van der Waals surface area contributed by atoms with Gasteiger partial charge in [0.15, 0.2) is 0 Å². The third-order valence-electron chi connectivity index (χ3n) is 4.21. The third-order valence-corrected chi connectivity index (χ3v) is 4.21. The van der Waals surface area contributed by atoms with Crippen LogP contribution in [0.5, 0.6) is 5.75 Å². The molecule has 0 spiro atoms. The van der Waals surface area contributed by atoms with E-state index in [4.69, 9.17) is 21.0 Å². The van der Waals surface area contributed by atoms with Crippen molar-refractivity contribution in [3.8, 4) is 5.75 Å². The summed E-state index contributed by atoms with van der Waals surface area (Å²) in [6.07, 6.45) is 3.07. The van der Waals surface area contributed by atoms with E-state index in [2.05, 4.69) is 6.58 Å². The molecule has 2 aromatic rings. The van der Waals surface area contributed by atoms with Crippen LogP contribution in [0.1, 0.15) is 28.4 Å². The molecule has 160 valence electrons. The van der Waals surface area contributed by atoms with Crippen LogP contribution in [0.4, 0.5) is 0 Å². The van der Waals surface area contributed by atoms with E-state index in [1.165, 1.54) is 11.0 Å². The molecule has 31 heavy (non-hydrogen) atoms. The van der Waals surface area contributed by atoms with Crippen LogP contribution in [0, 0.1) is 5.41 Å². The Labute approximate surface area is 179 Å². The molecule has 0 atom stereocenters. The van der Waals surface area contributed by atoms with Crippen molar-refractivity contribution in [3.05, 3.63) is 83.4 Å². The summed E-state index contributed by atoms with van der Waals surface area (Å²) < 4.78 is 5.30. The number of aliphatic carboxylic acids is 1. The lowest BCUT2D eigenvalue weighted by Crippen LogP contribution is -2.36. The Morgan fingerprint density at radius 2 is 1.68 bits per heavy atom. The molecular formula is C23H23N3O5. The molecule has 0 aromatic heterocycles. The standard InChI is InChI=1S/C23H23N3O5/c1-3-12-26(14-20(27)28)22(29)15(2)13-16-4-6-18(7-5-16)23(30)31-19-10-8-17(9-11-19)21(24)25/h3-11,13H,1,12,14H2,2H3,(H3,24,25)(H,27,28)/b15-13-. The molecule has 0 aliphatic carbocycles. The summed E-state index contributed by atoms with van der Waals surface area (Å²) in [6.45, 7) is 4.82. The van der Waals surface area contributed by atoms with Gasteiger partial charge in [-0.3, -0.25) is 15.0 Å². The number of hydrogen-bond donors (Lipinski definition) is 3. The Kier molecular flexibility index (Phi) is 7.85. The van der Waals surface area contributed by atoms with Crippen LogP contribution < -0.4 is 10.5 Å². The largest absolute Gasteiger partial charge is 0.480 e. The minimum Gasteiger partial charge on any atom is -0.480 e. The fraction of sp³-hybridized carbons (Fsp3) is 0.130. The number of carbonyl (C=O) groups is 3. The van der Waals surface area contributed by atoms with Gasteiger partial charge in [-0.05, 0) is 55.0 Å². The molecule has 0 saturated heterocycles. The summed E-state index contributed by atoms with van der Waals surface area (Å²) in [5, 5.41) is 16.3. The normalized spacial score (nSPS) is 10.8. The van der Waals surface area contributed by atoms with Crippen molar-refractivity contribution in [3.63, 3.8) is 0 Å². The Balaban J connectivity index is 2.08. The monoisotopic (exact) mass is 421 g/mol. The van der Waals surface area contributed by atoms with Crippen molar-refractivity contribution in [2.75, 3.05) is 13.1 Å². The predicted molar refractivity (Wildman–Crippen MR) is 117 cm³/mol. The number of amidine groups is 1. The fourth-order valence-corrected chi connectivity index (χ4v) is 2.68. The number of nitrogens with two attached hydrogens (primary N) is 1. The van der Waals surface area contributed by atoms with Gasteiger partial charge in [0.05, 0.1) is 5.56 Å². The van der Waals surface area contributed by atoms with Gasteiger partial charge in [-0.25, -0.2) is 4.79 Å². The maximum absolute atomic E-state index is 12.5. The van der Waals surface area contributed by atoms with Gasteiger partial charge >= 0.3 is 11.9 Å². The zero-order valence-corrected chi connectivity index (χ0v) is 17.0. The number of nitrogen functional groups attached to an aromatic ring is 1. The van der Waals surface area contributed by atoms with Crippen LogP contribution in [0.3, 0.4) is 0 Å². The lowest BCUT2D eigenvalue weighted by molar-refractivity contribution is -0.142.